The third-order valence-electron chi connectivity index (χ3n) is 3.39. The maximum Gasteiger partial charge on any atom is 0.278 e. The summed E-state index contributed by atoms with van der Waals surface area (Å²) in [5.74, 6) is 0. The molecule has 5 nitrogen and oxygen atoms in total. The molecule has 0 bridgehead atoms. The first-order chi connectivity index (χ1) is 9.00. The van der Waals surface area contributed by atoms with E-state index in [-0.39, 0.29) is 6.04 Å². The fourth-order valence-electron chi connectivity index (χ4n) is 2.26. The molecule has 2 heterocycles. The monoisotopic (exact) mass is 303 g/mol. The van der Waals surface area contributed by atoms with E-state index in [1.54, 1.807) is 25.4 Å². The minimum Gasteiger partial charge on any atom is -0.294 e. The Hall–Kier alpha value is -0.470. The van der Waals surface area contributed by atoms with Crippen molar-refractivity contribution in [3.63, 3.8) is 0 Å². The summed E-state index contributed by atoms with van der Waals surface area (Å²) in [6.45, 7) is 2.53. The molecule has 0 amide bonds. The van der Waals surface area contributed by atoms with Crippen molar-refractivity contribution in [2.24, 2.45) is 0 Å². The van der Waals surface area contributed by atoms with E-state index < -0.39 is 10.2 Å². The molecule has 1 atom stereocenters. The zero-order valence-electron chi connectivity index (χ0n) is 11.4. The van der Waals surface area contributed by atoms with Gasteiger partial charge < -0.3 is 0 Å². The molecule has 1 unspecified atom stereocenters. The number of hydrogen-bond donors (Lipinski definition) is 1. The standard InChI is InChI=1S/C12H21N3O2S2/c1-14(2)19(16,17)13-10-11(12-6-5-9-18-12)15-7-3-4-8-15/h5-6,9,11,13H,3-4,7-8,10H2,1-2H3. The summed E-state index contributed by atoms with van der Waals surface area (Å²) in [7, 11) is -0.273. The SMILES string of the molecule is CN(C)S(=O)(=O)NCC(c1cccs1)N1CCCC1. The van der Waals surface area contributed by atoms with E-state index in [0.717, 1.165) is 13.1 Å². The molecule has 1 saturated heterocycles. The van der Waals surface area contributed by atoms with Crippen molar-refractivity contribution in [2.75, 3.05) is 33.7 Å². The van der Waals surface area contributed by atoms with Crippen molar-refractivity contribution in [1.29, 1.82) is 0 Å². The van der Waals surface area contributed by atoms with E-state index in [4.69, 9.17) is 0 Å². The second-order valence-electron chi connectivity index (χ2n) is 4.91. The molecular weight excluding hydrogens is 282 g/mol. The minimum atomic E-state index is -3.35. The molecule has 0 aromatic carbocycles. The first kappa shape index (κ1) is 14.9. The average Bonchev–Trinajstić information content (AvgIpc) is 3.00. The van der Waals surface area contributed by atoms with Gasteiger partial charge in [0.25, 0.3) is 10.2 Å². The number of rotatable bonds is 6. The van der Waals surface area contributed by atoms with Crippen molar-refractivity contribution < 1.29 is 8.42 Å². The van der Waals surface area contributed by atoms with E-state index >= 15 is 0 Å². The van der Waals surface area contributed by atoms with Crippen LogP contribution in [0, 0.1) is 0 Å². The molecular formula is C12H21N3O2S2. The largest absolute Gasteiger partial charge is 0.294 e. The van der Waals surface area contributed by atoms with Crippen molar-refractivity contribution in [3.05, 3.63) is 22.4 Å². The Bertz CT molecular complexity index is 479. The summed E-state index contributed by atoms with van der Waals surface area (Å²) >= 11 is 1.69. The fraction of sp³-hybridized carbons (Fsp3) is 0.667. The molecule has 1 aromatic heterocycles. The lowest BCUT2D eigenvalue weighted by atomic mass is 10.2. The van der Waals surface area contributed by atoms with Gasteiger partial charge in [-0.1, -0.05) is 6.07 Å². The third kappa shape index (κ3) is 3.76. The zero-order chi connectivity index (χ0) is 13.9. The van der Waals surface area contributed by atoms with Crippen LogP contribution in [0.3, 0.4) is 0 Å². The van der Waals surface area contributed by atoms with Gasteiger partial charge in [-0.2, -0.15) is 12.7 Å². The molecule has 0 aliphatic carbocycles. The molecule has 0 spiro atoms. The Morgan fingerprint density at radius 2 is 2.11 bits per heavy atom. The van der Waals surface area contributed by atoms with Gasteiger partial charge in [0.2, 0.25) is 0 Å². The molecule has 1 aliphatic heterocycles. The van der Waals surface area contributed by atoms with Crippen LogP contribution in [0.5, 0.6) is 0 Å². The Balaban J connectivity index is 2.07. The Kier molecular flexibility index (Phi) is 4.97. The van der Waals surface area contributed by atoms with Crippen LogP contribution in [0.2, 0.25) is 0 Å². The molecule has 1 aliphatic rings. The number of nitrogens with one attached hydrogen (secondary N) is 1. The third-order valence-corrected chi connectivity index (χ3v) is 5.86. The highest BCUT2D eigenvalue weighted by Gasteiger charge is 2.26. The summed E-state index contributed by atoms with van der Waals surface area (Å²) in [6.07, 6.45) is 2.39. The Labute approximate surface area is 119 Å². The topological polar surface area (TPSA) is 52.7 Å². The van der Waals surface area contributed by atoms with Crippen molar-refractivity contribution in [3.8, 4) is 0 Å². The van der Waals surface area contributed by atoms with Crippen LogP contribution in [0.4, 0.5) is 0 Å². The van der Waals surface area contributed by atoms with E-state index in [0.29, 0.717) is 6.54 Å². The van der Waals surface area contributed by atoms with Crippen LogP contribution in [0.25, 0.3) is 0 Å². The van der Waals surface area contributed by atoms with Crippen molar-refractivity contribution >= 4 is 21.5 Å². The molecule has 1 aromatic rings. The predicted molar refractivity (Wildman–Crippen MR) is 78.5 cm³/mol. The van der Waals surface area contributed by atoms with Gasteiger partial charge in [-0.25, -0.2) is 4.72 Å². The molecule has 1 fully saturated rings. The molecule has 2 rings (SSSR count). The maximum atomic E-state index is 11.8. The number of likely N-dealkylation sites (tertiary alicyclic amines) is 1. The first-order valence-corrected chi connectivity index (χ1v) is 8.77. The lowest BCUT2D eigenvalue weighted by Crippen LogP contribution is -2.41. The summed E-state index contributed by atoms with van der Waals surface area (Å²) < 4.78 is 27.5. The molecule has 108 valence electrons. The van der Waals surface area contributed by atoms with Gasteiger partial charge >= 0.3 is 0 Å². The van der Waals surface area contributed by atoms with Gasteiger partial charge in [0.05, 0.1) is 6.04 Å². The minimum absolute atomic E-state index is 0.150. The zero-order valence-corrected chi connectivity index (χ0v) is 13.0. The number of hydrogen-bond acceptors (Lipinski definition) is 4. The van der Waals surface area contributed by atoms with Crippen LogP contribution in [0.1, 0.15) is 23.8 Å². The van der Waals surface area contributed by atoms with Gasteiger partial charge in [-0.3, -0.25) is 4.90 Å². The van der Waals surface area contributed by atoms with Crippen LogP contribution in [0.15, 0.2) is 17.5 Å². The fourth-order valence-corrected chi connectivity index (χ4v) is 3.74. The lowest BCUT2D eigenvalue weighted by Gasteiger charge is -2.27. The molecule has 7 heteroatoms. The van der Waals surface area contributed by atoms with Gasteiger partial charge in [-0.05, 0) is 37.4 Å². The Morgan fingerprint density at radius 1 is 1.42 bits per heavy atom. The quantitative estimate of drug-likeness (QED) is 0.861. The van der Waals surface area contributed by atoms with Gasteiger partial charge in [0, 0.05) is 25.5 Å². The van der Waals surface area contributed by atoms with E-state index in [2.05, 4.69) is 15.7 Å². The second-order valence-corrected chi connectivity index (χ2v) is 7.86. The normalized spacial score (nSPS) is 19.1. The lowest BCUT2D eigenvalue weighted by molar-refractivity contribution is 0.249. The number of thiophene rings is 1. The highest BCUT2D eigenvalue weighted by molar-refractivity contribution is 7.87. The summed E-state index contributed by atoms with van der Waals surface area (Å²) in [6, 6.07) is 4.25. The van der Waals surface area contributed by atoms with Crippen LogP contribution in [-0.4, -0.2) is 51.4 Å². The summed E-state index contributed by atoms with van der Waals surface area (Å²) in [5, 5.41) is 2.04. The van der Waals surface area contributed by atoms with E-state index in [1.807, 2.05) is 11.4 Å². The smallest absolute Gasteiger partial charge is 0.278 e. The summed E-state index contributed by atoms with van der Waals surface area (Å²) in [5.41, 5.74) is 0. The Morgan fingerprint density at radius 3 is 2.63 bits per heavy atom. The first-order valence-electron chi connectivity index (χ1n) is 6.45. The van der Waals surface area contributed by atoms with Gasteiger partial charge in [0.1, 0.15) is 0 Å². The highest BCUT2D eigenvalue weighted by atomic mass is 32.2. The second kappa shape index (κ2) is 6.32. The maximum absolute atomic E-state index is 11.8. The average molecular weight is 303 g/mol. The molecule has 0 radical (unpaired) electrons. The highest BCUT2D eigenvalue weighted by Crippen LogP contribution is 2.27. The van der Waals surface area contributed by atoms with Gasteiger partial charge in [-0.15, -0.1) is 11.3 Å². The molecule has 1 N–H and O–H groups in total. The van der Waals surface area contributed by atoms with E-state index in [9.17, 15) is 8.42 Å². The molecule has 0 saturated carbocycles. The number of nitrogens with zero attached hydrogens (tertiary/aromatic N) is 2. The van der Waals surface area contributed by atoms with Crippen LogP contribution >= 0.6 is 11.3 Å². The van der Waals surface area contributed by atoms with Gasteiger partial charge in [0.15, 0.2) is 0 Å². The van der Waals surface area contributed by atoms with Crippen molar-refractivity contribution in [1.82, 2.24) is 13.9 Å². The van der Waals surface area contributed by atoms with Crippen LogP contribution < -0.4 is 4.72 Å². The van der Waals surface area contributed by atoms with E-state index in [1.165, 1.54) is 22.0 Å². The van der Waals surface area contributed by atoms with Crippen LogP contribution in [-0.2, 0) is 10.2 Å². The molecule has 19 heavy (non-hydrogen) atoms. The van der Waals surface area contributed by atoms with Crippen molar-refractivity contribution in [2.45, 2.75) is 18.9 Å². The predicted octanol–water partition coefficient (Wildman–Crippen LogP) is 1.28. The summed E-state index contributed by atoms with van der Waals surface area (Å²) in [4.78, 5) is 3.59.